The van der Waals surface area contributed by atoms with Gasteiger partial charge in [-0.1, -0.05) is 36.4 Å². The monoisotopic (exact) mass is 398 g/mol. The van der Waals surface area contributed by atoms with Gasteiger partial charge in [0, 0.05) is 16.8 Å². The average molecular weight is 398 g/mol. The lowest BCUT2D eigenvalue weighted by molar-refractivity contribution is -0.138. The van der Waals surface area contributed by atoms with Gasteiger partial charge >= 0.3 is 6.18 Å². The summed E-state index contributed by atoms with van der Waals surface area (Å²) in [6, 6.07) is 19.2. The van der Waals surface area contributed by atoms with Crippen LogP contribution in [0.3, 0.4) is 0 Å². The molecule has 0 saturated heterocycles. The molecule has 4 nitrogen and oxygen atoms in total. The Morgan fingerprint density at radius 1 is 0.793 bits per heavy atom. The van der Waals surface area contributed by atoms with Crippen molar-refractivity contribution in [1.29, 1.82) is 0 Å². The SMILES string of the molecule is NC(=O)c1ccc(N(Cc2ccccc2C(F)(F)F)C(=O)c2ccccc2)cc1. The number of primary amides is 1. The van der Waals surface area contributed by atoms with Gasteiger partial charge in [0.1, 0.15) is 0 Å². The lowest BCUT2D eigenvalue weighted by atomic mass is 10.0. The fraction of sp³-hybridized carbons (Fsp3) is 0.0909. The van der Waals surface area contributed by atoms with Gasteiger partial charge in [-0.2, -0.15) is 13.2 Å². The van der Waals surface area contributed by atoms with Crippen molar-refractivity contribution in [2.24, 2.45) is 5.73 Å². The highest BCUT2D eigenvalue weighted by atomic mass is 19.4. The third-order valence-corrected chi connectivity index (χ3v) is 4.38. The lowest BCUT2D eigenvalue weighted by Crippen LogP contribution is -2.31. The molecular weight excluding hydrogens is 381 g/mol. The second-order valence-corrected chi connectivity index (χ2v) is 6.32. The van der Waals surface area contributed by atoms with Crippen LogP contribution in [-0.4, -0.2) is 11.8 Å². The molecule has 0 radical (unpaired) electrons. The minimum atomic E-state index is -4.55. The van der Waals surface area contributed by atoms with E-state index in [0.717, 1.165) is 6.07 Å². The predicted octanol–water partition coefficient (Wildman–Crippen LogP) is 4.65. The Morgan fingerprint density at radius 3 is 1.97 bits per heavy atom. The van der Waals surface area contributed by atoms with E-state index in [1.807, 2.05) is 0 Å². The van der Waals surface area contributed by atoms with Crippen LogP contribution in [-0.2, 0) is 12.7 Å². The maximum atomic E-state index is 13.4. The average Bonchev–Trinajstić information content (AvgIpc) is 2.72. The van der Waals surface area contributed by atoms with E-state index in [9.17, 15) is 22.8 Å². The summed E-state index contributed by atoms with van der Waals surface area (Å²) in [6.07, 6.45) is -4.55. The number of rotatable bonds is 5. The first kappa shape index (κ1) is 20.1. The molecular formula is C22H17F3N2O2. The van der Waals surface area contributed by atoms with Crippen LogP contribution in [0.4, 0.5) is 18.9 Å². The van der Waals surface area contributed by atoms with Crippen LogP contribution in [0.1, 0.15) is 31.8 Å². The summed E-state index contributed by atoms with van der Waals surface area (Å²) < 4.78 is 40.2. The van der Waals surface area contributed by atoms with Crippen LogP contribution in [0.25, 0.3) is 0 Å². The van der Waals surface area contributed by atoms with Crippen molar-refractivity contribution in [2.45, 2.75) is 12.7 Å². The van der Waals surface area contributed by atoms with E-state index >= 15 is 0 Å². The van der Waals surface area contributed by atoms with Crippen molar-refractivity contribution < 1.29 is 22.8 Å². The molecule has 0 aliphatic rings. The minimum Gasteiger partial charge on any atom is -0.366 e. The lowest BCUT2D eigenvalue weighted by Gasteiger charge is -2.25. The number of nitrogens with zero attached hydrogens (tertiary/aromatic N) is 1. The van der Waals surface area contributed by atoms with E-state index in [-0.39, 0.29) is 17.7 Å². The predicted molar refractivity (Wildman–Crippen MR) is 103 cm³/mol. The fourth-order valence-electron chi connectivity index (χ4n) is 2.93. The molecule has 0 bridgehead atoms. The van der Waals surface area contributed by atoms with Gasteiger partial charge in [0.2, 0.25) is 5.91 Å². The molecule has 0 fully saturated rings. The number of halogens is 3. The van der Waals surface area contributed by atoms with E-state index in [2.05, 4.69) is 0 Å². The number of anilines is 1. The van der Waals surface area contributed by atoms with Crippen LogP contribution in [0, 0.1) is 0 Å². The molecule has 0 spiro atoms. The number of amides is 2. The van der Waals surface area contributed by atoms with Crippen molar-refractivity contribution in [3.8, 4) is 0 Å². The highest BCUT2D eigenvalue weighted by Gasteiger charge is 2.34. The molecule has 2 N–H and O–H groups in total. The van der Waals surface area contributed by atoms with Gasteiger partial charge in [-0.15, -0.1) is 0 Å². The van der Waals surface area contributed by atoms with Gasteiger partial charge in [-0.25, -0.2) is 0 Å². The second-order valence-electron chi connectivity index (χ2n) is 6.32. The summed E-state index contributed by atoms with van der Waals surface area (Å²) in [6.45, 7) is -0.292. The second kappa shape index (κ2) is 8.18. The van der Waals surface area contributed by atoms with Crippen molar-refractivity contribution in [1.82, 2.24) is 0 Å². The largest absolute Gasteiger partial charge is 0.416 e. The zero-order chi connectivity index (χ0) is 21.0. The molecule has 7 heteroatoms. The molecule has 0 aromatic heterocycles. The maximum absolute atomic E-state index is 13.4. The first-order chi connectivity index (χ1) is 13.8. The Bertz CT molecular complexity index is 1020. The molecule has 0 unspecified atom stereocenters. The molecule has 148 valence electrons. The van der Waals surface area contributed by atoms with Crippen molar-refractivity contribution >= 4 is 17.5 Å². The molecule has 29 heavy (non-hydrogen) atoms. The Hall–Kier alpha value is -3.61. The van der Waals surface area contributed by atoms with Crippen molar-refractivity contribution in [2.75, 3.05) is 4.90 Å². The van der Waals surface area contributed by atoms with Crippen LogP contribution in [0.15, 0.2) is 78.9 Å². The number of carbonyl (C=O) groups is 2. The highest BCUT2D eigenvalue weighted by molar-refractivity contribution is 6.06. The topological polar surface area (TPSA) is 63.4 Å². The molecule has 0 aliphatic carbocycles. The van der Waals surface area contributed by atoms with E-state index in [0.29, 0.717) is 11.3 Å². The number of nitrogens with two attached hydrogens (primary N) is 1. The minimum absolute atomic E-state index is 0.0386. The molecule has 2 amide bonds. The Balaban J connectivity index is 2.04. The Labute approximate surface area is 165 Å². The summed E-state index contributed by atoms with van der Waals surface area (Å²) in [5.74, 6) is -1.10. The van der Waals surface area contributed by atoms with Crippen LogP contribution in [0.5, 0.6) is 0 Å². The van der Waals surface area contributed by atoms with Gasteiger partial charge in [-0.05, 0) is 48.0 Å². The third kappa shape index (κ3) is 4.63. The zero-order valence-electron chi connectivity index (χ0n) is 15.2. The quantitative estimate of drug-likeness (QED) is 0.680. The molecule has 0 aliphatic heterocycles. The first-order valence-electron chi connectivity index (χ1n) is 8.69. The molecule has 3 rings (SSSR count). The maximum Gasteiger partial charge on any atom is 0.416 e. The standard InChI is InChI=1S/C22H17F3N2O2/c23-22(24,25)19-9-5-4-8-17(19)14-27(21(29)16-6-2-1-3-7-16)18-12-10-15(11-13-18)20(26)28/h1-13H,14H2,(H2,26,28). The summed E-state index contributed by atoms with van der Waals surface area (Å²) in [4.78, 5) is 25.6. The summed E-state index contributed by atoms with van der Waals surface area (Å²) in [5, 5.41) is 0. The number of hydrogen-bond donors (Lipinski definition) is 1. The Morgan fingerprint density at radius 2 is 1.38 bits per heavy atom. The van der Waals surface area contributed by atoms with Gasteiger partial charge in [-0.3, -0.25) is 9.59 Å². The normalized spacial score (nSPS) is 11.1. The molecule has 0 atom stereocenters. The number of alkyl halides is 3. The van der Waals surface area contributed by atoms with Gasteiger partial charge in [0.15, 0.2) is 0 Å². The van der Waals surface area contributed by atoms with Gasteiger partial charge in [0.05, 0.1) is 12.1 Å². The van der Waals surface area contributed by atoms with Crippen molar-refractivity contribution in [3.63, 3.8) is 0 Å². The fourth-order valence-corrected chi connectivity index (χ4v) is 2.93. The molecule has 0 saturated carbocycles. The first-order valence-corrected chi connectivity index (χ1v) is 8.69. The summed E-state index contributed by atoms with van der Waals surface area (Å²) in [5.41, 5.74) is 5.30. The number of carbonyl (C=O) groups excluding carboxylic acids is 2. The van der Waals surface area contributed by atoms with Crippen LogP contribution >= 0.6 is 0 Å². The van der Waals surface area contributed by atoms with Gasteiger partial charge < -0.3 is 10.6 Å². The van der Waals surface area contributed by atoms with E-state index in [1.165, 1.54) is 47.4 Å². The van der Waals surface area contributed by atoms with E-state index < -0.39 is 23.6 Å². The van der Waals surface area contributed by atoms with Crippen LogP contribution in [0.2, 0.25) is 0 Å². The summed E-state index contributed by atoms with van der Waals surface area (Å²) >= 11 is 0. The van der Waals surface area contributed by atoms with Gasteiger partial charge in [0.25, 0.3) is 5.91 Å². The Kier molecular flexibility index (Phi) is 5.68. The highest BCUT2D eigenvalue weighted by Crippen LogP contribution is 2.33. The van der Waals surface area contributed by atoms with Crippen molar-refractivity contribution in [3.05, 3.63) is 101 Å². The zero-order valence-corrected chi connectivity index (χ0v) is 15.2. The van der Waals surface area contributed by atoms with E-state index in [1.54, 1.807) is 30.3 Å². The van der Waals surface area contributed by atoms with Crippen LogP contribution < -0.4 is 10.6 Å². The molecule has 3 aromatic carbocycles. The molecule has 0 heterocycles. The number of hydrogen-bond acceptors (Lipinski definition) is 2. The summed E-state index contributed by atoms with van der Waals surface area (Å²) in [7, 11) is 0. The molecule has 3 aromatic rings. The third-order valence-electron chi connectivity index (χ3n) is 4.38. The number of benzene rings is 3. The smallest absolute Gasteiger partial charge is 0.366 e. The van der Waals surface area contributed by atoms with E-state index in [4.69, 9.17) is 5.73 Å².